The molecule has 0 unspecified atom stereocenters. The van der Waals surface area contributed by atoms with Gasteiger partial charge in [-0.2, -0.15) is 13.2 Å². The average Bonchev–Trinajstić information content (AvgIpc) is 2.09. The van der Waals surface area contributed by atoms with Crippen molar-refractivity contribution in [2.75, 3.05) is 11.9 Å². The van der Waals surface area contributed by atoms with Gasteiger partial charge in [0.2, 0.25) is 0 Å². The molecule has 0 saturated heterocycles. The molecule has 0 aromatic carbocycles. The molecule has 1 rings (SSSR count). The lowest BCUT2D eigenvalue weighted by molar-refractivity contribution is -0.128. The van der Waals surface area contributed by atoms with Gasteiger partial charge < -0.3 is 5.32 Å². The van der Waals surface area contributed by atoms with Gasteiger partial charge in [-0.1, -0.05) is 0 Å². The van der Waals surface area contributed by atoms with Gasteiger partial charge in [-0.15, -0.1) is 0 Å². The number of halogens is 4. The predicted octanol–water partition coefficient (Wildman–Crippen LogP) is 2.62. The summed E-state index contributed by atoms with van der Waals surface area (Å²) < 4.78 is 36.9. The molecular formula is C8H9F3IN3. The van der Waals surface area contributed by atoms with Crippen LogP contribution in [0.3, 0.4) is 0 Å². The zero-order chi connectivity index (χ0) is 11.5. The average molecular weight is 331 g/mol. The molecule has 3 nitrogen and oxygen atoms in total. The molecule has 1 heterocycles. The van der Waals surface area contributed by atoms with Crippen molar-refractivity contribution in [3.05, 3.63) is 15.6 Å². The SMILES string of the molecule is CCNc1nc(CC(F)(F)F)ncc1I. The lowest BCUT2D eigenvalue weighted by Gasteiger charge is -2.08. The van der Waals surface area contributed by atoms with Crippen molar-refractivity contribution in [2.45, 2.75) is 19.5 Å². The number of anilines is 1. The van der Waals surface area contributed by atoms with Crippen LogP contribution in [0.2, 0.25) is 0 Å². The highest BCUT2D eigenvalue weighted by molar-refractivity contribution is 14.1. The third-order valence-corrected chi connectivity index (χ3v) is 2.29. The fourth-order valence-electron chi connectivity index (χ4n) is 0.960. The van der Waals surface area contributed by atoms with E-state index in [-0.39, 0.29) is 5.82 Å². The van der Waals surface area contributed by atoms with Crippen LogP contribution in [-0.2, 0) is 6.42 Å². The highest BCUT2D eigenvalue weighted by Crippen LogP contribution is 2.21. The van der Waals surface area contributed by atoms with Gasteiger partial charge >= 0.3 is 6.18 Å². The van der Waals surface area contributed by atoms with Crippen LogP contribution in [0.1, 0.15) is 12.7 Å². The Bertz CT molecular complexity index is 340. The zero-order valence-corrected chi connectivity index (χ0v) is 10.1. The van der Waals surface area contributed by atoms with E-state index in [0.29, 0.717) is 15.9 Å². The molecule has 0 amide bonds. The molecule has 7 heteroatoms. The van der Waals surface area contributed by atoms with Crippen LogP contribution < -0.4 is 5.32 Å². The van der Waals surface area contributed by atoms with Crippen molar-refractivity contribution in [1.29, 1.82) is 0 Å². The number of aromatic nitrogens is 2. The van der Waals surface area contributed by atoms with Crippen LogP contribution in [-0.4, -0.2) is 22.7 Å². The third-order valence-electron chi connectivity index (χ3n) is 1.50. The monoisotopic (exact) mass is 331 g/mol. The summed E-state index contributed by atoms with van der Waals surface area (Å²) in [7, 11) is 0. The molecule has 0 saturated carbocycles. The van der Waals surface area contributed by atoms with E-state index in [0.717, 1.165) is 0 Å². The molecule has 0 spiro atoms. The molecule has 0 radical (unpaired) electrons. The fourth-order valence-corrected chi connectivity index (χ4v) is 1.41. The second-order valence-corrected chi connectivity index (χ2v) is 3.97. The van der Waals surface area contributed by atoms with Gasteiger partial charge in [0.05, 0.1) is 3.57 Å². The first-order valence-electron chi connectivity index (χ1n) is 4.24. The summed E-state index contributed by atoms with van der Waals surface area (Å²) in [6.07, 6.45) is -3.98. The Labute approximate surface area is 98.6 Å². The molecule has 0 bridgehead atoms. The highest BCUT2D eigenvalue weighted by atomic mass is 127. The van der Waals surface area contributed by atoms with E-state index in [2.05, 4.69) is 15.3 Å². The maximum atomic E-state index is 12.1. The summed E-state index contributed by atoms with van der Waals surface area (Å²) >= 11 is 1.97. The van der Waals surface area contributed by atoms with Gasteiger partial charge in [-0.3, -0.25) is 0 Å². The molecular weight excluding hydrogens is 322 g/mol. The maximum Gasteiger partial charge on any atom is 0.396 e. The Morgan fingerprint density at radius 1 is 1.47 bits per heavy atom. The van der Waals surface area contributed by atoms with E-state index in [1.807, 2.05) is 29.5 Å². The van der Waals surface area contributed by atoms with Gasteiger partial charge in [0.1, 0.15) is 18.1 Å². The first kappa shape index (κ1) is 12.5. The van der Waals surface area contributed by atoms with Crippen molar-refractivity contribution >= 4 is 28.4 Å². The number of alkyl halides is 3. The summed E-state index contributed by atoms with van der Waals surface area (Å²) in [5, 5.41) is 2.88. The van der Waals surface area contributed by atoms with Crippen molar-refractivity contribution < 1.29 is 13.2 Å². The van der Waals surface area contributed by atoms with Crippen molar-refractivity contribution in [3.8, 4) is 0 Å². The standard InChI is InChI=1S/C8H9F3IN3/c1-2-13-7-5(12)4-14-6(15-7)3-8(9,10)11/h4H,2-3H2,1H3,(H,13,14,15). The van der Waals surface area contributed by atoms with E-state index in [1.165, 1.54) is 6.20 Å². The predicted molar refractivity (Wildman–Crippen MR) is 58.7 cm³/mol. The summed E-state index contributed by atoms with van der Waals surface area (Å²) in [5.41, 5.74) is 0. The Kier molecular flexibility index (Phi) is 4.12. The minimum Gasteiger partial charge on any atom is -0.369 e. The van der Waals surface area contributed by atoms with Crippen LogP contribution in [0.25, 0.3) is 0 Å². The topological polar surface area (TPSA) is 37.8 Å². The summed E-state index contributed by atoms with van der Waals surface area (Å²) in [5.74, 6) is 0.242. The smallest absolute Gasteiger partial charge is 0.369 e. The molecule has 15 heavy (non-hydrogen) atoms. The number of nitrogens with zero attached hydrogens (tertiary/aromatic N) is 2. The second-order valence-electron chi connectivity index (χ2n) is 2.81. The van der Waals surface area contributed by atoms with Crippen LogP contribution in [0.5, 0.6) is 0 Å². The maximum absolute atomic E-state index is 12.1. The van der Waals surface area contributed by atoms with Crippen molar-refractivity contribution in [1.82, 2.24) is 9.97 Å². The van der Waals surface area contributed by atoms with E-state index < -0.39 is 12.6 Å². The Morgan fingerprint density at radius 3 is 2.67 bits per heavy atom. The van der Waals surface area contributed by atoms with Crippen molar-refractivity contribution in [2.24, 2.45) is 0 Å². The van der Waals surface area contributed by atoms with E-state index >= 15 is 0 Å². The summed E-state index contributed by atoms with van der Waals surface area (Å²) in [6.45, 7) is 2.46. The third kappa shape index (κ3) is 4.18. The van der Waals surface area contributed by atoms with Gasteiger partial charge in [0.25, 0.3) is 0 Å². The van der Waals surface area contributed by atoms with Crippen LogP contribution in [0.4, 0.5) is 19.0 Å². The lowest BCUT2D eigenvalue weighted by Crippen LogP contribution is -2.15. The molecule has 0 aliphatic rings. The number of hydrogen-bond donors (Lipinski definition) is 1. The Hall–Kier alpha value is -0.600. The minimum absolute atomic E-state index is 0.209. The van der Waals surface area contributed by atoms with E-state index in [4.69, 9.17) is 0 Å². The normalized spacial score (nSPS) is 11.5. The van der Waals surface area contributed by atoms with Crippen LogP contribution >= 0.6 is 22.6 Å². The Balaban J connectivity index is 2.87. The molecule has 1 aromatic rings. The van der Waals surface area contributed by atoms with Crippen LogP contribution in [0, 0.1) is 3.57 Å². The van der Waals surface area contributed by atoms with Crippen molar-refractivity contribution in [3.63, 3.8) is 0 Å². The summed E-state index contributed by atoms with van der Waals surface area (Å²) in [6, 6.07) is 0. The molecule has 1 aromatic heterocycles. The van der Waals surface area contributed by atoms with E-state index in [9.17, 15) is 13.2 Å². The molecule has 0 fully saturated rings. The van der Waals surface area contributed by atoms with E-state index in [1.54, 1.807) is 0 Å². The van der Waals surface area contributed by atoms with Gasteiger partial charge in [-0.05, 0) is 29.5 Å². The van der Waals surface area contributed by atoms with Gasteiger partial charge in [-0.25, -0.2) is 9.97 Å². The van der Waals surface area contributed by atoms with Gasteiger partial charge in [0.15, 0.2) is 0 Å². The molecule has 0 atom stereocenters. The second kappa shape index (κ2) is 4.95. The largest absolute Gasteiger partial charge is 0.396 e. The molecule has 84 valence electrons. The van der Waals surface area contributed by atoms with Gasteiger partial charge in [0, 0.05) is 12.7 Å². The summed E-state index contributed by atoms with van der Waals surface area (Å²) in [4.78, 5) is 7.43. The first-order valence-corrected chi connectivity index (χ1v) is 5.32. The lowest BCUT2D eigenvalue weighted by atomic mass is 10.4. The molecule has 0 aliphatic heterocycles. The number of nitrogens with one attached hydrogen (secondary N) is 1. The minimum atomic E-state index is -4.27. The first-order chi connectivity index (χ1) is 6.92. The van der Waals surface area contributed by atoms with Crippen LogP contribution in [0.15, 0.2) is 6.20 Å². The molecule has 1 N–H and O–H groups in total. The Morgan fingerprint density at radius 2 is 2.13 bits per heavy atom. The number of rotatable bonds is 3. The quantitative estimate of drug-likeness (QED) is 0.866. The number of hydrogen-bond acceptors (Lipinski definition) is 3. The zero-order valence-electron chi connectivity index (χ0n) is 7.90. The molecule has 0 aliphatic carbocycles. The fraction of sp³-hybridized carbons (Fsp3) is 0.500. The highest BCUT2D eigenvalue weighted by Gasteiger charge is 2.29.